The van der Waals surface area contributed by atoms with Crippen LogP contribution in [0, 0.1) is 6.92 Å². The normalized spacial score (nSPS) is 17.5. The van der Waals surface area contributed by atoms with Gasteiger partial charge in [-0.05, 0) is 55.3 Å². The first-order chi connectivity index (χ1) is 11.6. The van der Waals surface area contributed by atoms with Gasteiger partial charge in [0.05, 0.1) is 15.9 Å². The highest BCUT2D eigenvalue weighted by Crippen LogP contribution is 2.36. The molecule has 0 amide bonds. The summed E-state index contributed by atoms with van der Waals surface area (Å²) in [6.45, 7) is 3.82. The number of nitrogens with one attached hydrogen (secondary N) is 2. The molecule has 2 aromatic carbocycles. The summed E-state index contributed by atoms with van der Waals surface area (Å²) in [5.41, 5.74) is 3.71. The smallest absolute Gasteiger partial charge is 0.134 e. The van der Waals surface area contributed by atoms with Gasteiger partial charge in [-0.25, -0.2) is 0 Å². The second-order valence-electron chi connectivity index (χ2n) is 6.12. The summed E-state index contributed by atoms with van der Waals surface area (Å²) in [7, 11) is 0. The molecule has 3 N–H and O–H groups in total. The number of halogens is 1. The Bertz CT molecular complexity index is 901. The molecule has 24 heavy (non-hydrogen) atoms. The molecular formula is C18H18ClN3O2. The van der Waals surface area contributed by atoms with Crippen LogP contribution in [0.4, 0.5) is 0 Å². The number of hydrogen-bond donors (Lipinski definition) is 3. The third-order valence-electron chi connectivity index (χ3n) is 4.39. The van der Waals surface area contributed by atoms with E-state index in [9.17, 15) is 5.11 Å². The Balaban J connectivity index is 1.82. The summed E-state index contributed by atoms with van der Waals surface area (Å²) in [5, 5.41) is 21.7. The standard InChI is InChI=1S/C18H18ClN3O2/c1-10-18-15(22-21-10)7-12(11-2-3-16(23)14(19)6-11)8-17(18)24-13-4-5-20-9-13/h2-3,6-8,13,20,23H,4-5,9H2,1H3,(H,21,22)/t13-/m0/s1. The monoisotopic (exact) mass is 343 g/mol. The van der Waals surface area contributed by atoms with Crippen molar-refractivity contribution in [2.45, 2.75) is 19.4 Å². The molecule has 124 valence electrons. The number of nitrogens with zero attached hydrogens (tertiary/aromatic N) is 1. The highest BCUT2D eigenvalue weighted by molar-refractivity contribution is 6.32. The number of H-pyrrole nitrogens is 1. The predicted molar refractivity (Wildman–Crippen MR) is 94.8 cm³/mol. The maximum Gasteiger partial charge on any atom is 0.134 e. The van der Waals surface area contributed by atoms with Gasteiger partial charge in [0, 0.05) is 12.2 Å². The zero-order chi connectivity index (χ0) is 16.7. The Hall–Kier alpha value is -2.24. The molecule has 0 saturated carbocycles. The van der Waals surface area contributed by atoms with Crippen LogP contribution in [0.25, 0.3) is 22.0 Å². The highest BCUT2D eigenvalue weighted by atomic mass is 35.5. The molecule has 0 aliphatic carbocycles. The van der Waals surface area contributed by atoms with Crippen LogP contribution in [0.5, 0.6) is 11.5 Å². The Morgan fingerprint density at radius 1 is 1.25 bits per heavy atom. The average Bonchev–Trinajstić information content (AvgIpc) is 3.20. The minimum Gasteiger partial charge on any atom is -0.506 e. The van der Waals surface area contributed by atoms with E-state index in [1.165, 1.54) is 0 Å². The topological polar surface area (TPSA) is 70.2 Å². The van der Waals surface area contributed by atoms with Crippen LogP contribution in [0.3, 0.4) is 0 Å². The number of phenolic OH excluding ortho intramolecular Hbond substituents is 1. The van der Waals surface area contributed by atoms with E-state index in [-0.39, 0.29) is 11.9 Å². The second-order valence-corrected chi connectivity index (χ2v) is 6.52. The molecule has 0 bridgehead atoms. The number of fused-ring (bicyclic) bond motifs is 1. The second kappa shape index (κ2) is 6.00. The van der Waals surface area contributed by atoms with Gasteiger partial charge >= 0.3 is 0 Å². The lowest BCUT2D eigenvalue weighted by molar-refractivity contribution is 0.226. The van der Waals surface area contributed by atoms with Gasteiger partial charge in [0.15, 0.2) is 0 Å². The minimum absolute atomic E-state index is 0.0746. The molecule has 1 aromatic heterocycles. The van der Waals surface area contributed by atoms with E-state index in [1.807, 2.05) is 25.1 Å². The van der Waals surface area contributed by atoms with Crippen LogP contribution in [0.1, 0.15) is 12.1 Å². The van der Waals surface area contributed by atoms with Crippen LogP contribution in [-0.2, 0) is 0 Å². The summed E-state index contributed by atoms with van der Waals surface area (Å²) in [6.07, 6.45) is 1.16. The molecular weight excluding hydrogens is 326 g/mol. The van der Waals surface area contributed by atoms with E-state index < -0.39 is 0 Å². The quantitative estimate of drug-likeness (QED) is 0.679. The van der Waals surface area contributed by atoms with Crippen LogP contribution in [0.15, 0.2) is 30.3 Å². The van der Waals surface area contributed by atoms with Crippen molar-refractivity contribution in [2.75, 3.05) is 13.1 Å². The summed E-state index contributed by atoms with van der Waals surface area (Å²) < 4.78 is 6.24. The number of aryl methyl sites for hydroxylation is 1. The third-order valence-corrected chi connectivity index (χ3v) is 4.69. The van der Waals surface area contributed by atoms with E-state index in [2.05, 4.69) is 15.5 Å². The zero-order valence-electron chi connectivity index (χ0n) is 13.3. The van der Waals surface area contributed by atoms with Crippen molar-refractivity contribution >= 4 is 22.5 Å². The van der Waals surface area contributed by atoms with Gasteiger partial charge in [0.1, 0.15) is 17.6 Å². The predicted octanol–water partition coefficient (Wildman–Crippen LogP) is 3.64. The fourth-order valence-corrected chi connectivity index (χ4v) is 3.30. The van der Waals surface area contributed by atoms with E-state index >= 15 is 0 Å². The number of benzene rings is 2. The van der Waals surface area contributed by atoms with E-state index in [0.717, 1.165) is 53.0 Å². The fraction of sp³-hybridized carbons (Fsp3) is 0.278. The van der Waals surface area contributed by atoms with Gasteiger partial charge in [0.25, 0.3) is 0 Å². The minimum atomic E-state index is 0.0746. The number of rotatable bonds is 3. The van der Waals surface area contributed by atoms with Crippen LogP contribution in [-0.4, -0.2) is 34.5 Å². The molecule has 5 nitrogen and oxygen atoms in total. The summed E-state index contributed by atoms with van der Waals surface area (Å²) >= 11 is 6.05. The summed E-state index contributed by atoms with van der Waals surface area (Å²) in [6, 6.07) is 9.20. The van der Waals surface area contributed by atoms with Gasteiger partial charge in [-0.2, -0.15) is 5.10 Å². The summed E-state index contributed by atoms with van der Waals surface area (Å²) in [5.74, 6) is 0.900. The first kappa shape index (κ1) is 15.3. The average molecular weight is 344 g/mol. The molecule has 1 aliphatic rings. The number of phenols is 1. The number of hydrogen-bond acceptors (Lipinski definition) is 4. The van der Waals surface area contributed by atoms with E-state index in [0.29, 0.717) is 5.02 Å². The molecule has 0 unspecified atom stereocenters. The molecule has 4 rings (SSSR count). The number of aromatic hydroxyl groups is 1. The molecule has 1 fully saturated rings. The van der Waals surface area contributed by atoms with Crippen molar-refractivity contribution in [1.82, 2.24) is 15.5 Å². The lowest BCUT2D eigenvalue weighted by atomic mass is 10.0. The van der Waals surface area contributed by atoms with Gasteiger partial charge in [-0.3, -0.25) is 5.10 Å². The van der Waals surface area contributed by atoms with Gasteiger partial charge in [0.2, 0.25) is 0 Å². The highest BCUT2D eigenvalue weighted by Gasteiger charge is 2.19. The van der Waals surface area contributed by atoms with Gasteiger partial charge < -0.3 is 15.2 Å². The molecule has 3 aromatic rings. The maximum atomic E-state index is 9.63. The molecule has 0 radical (unpaired) electrons. The van der Waals surface area contributed by atoms with E-state index in [1.54, 1.807) is 12.1 Å². The maximum absolute atomic E-state index is 9.63. The van der Waals surface area contributed by atoms with Crippen molar-refractivity contribution in [3.8, 4) is 22.6 Å². The number of aromatic nitrogens is 2. The lowest BCUT2D eigenvalue weighted by Gasteiger charge is -2.15. The van der Waals surface area contributed by atoms with Crippen molar-refractivity contribution in [2.24, 2.45) is 0 Å². The van der Waals surface area contributed by atoms with Crippen molar-refractivity contribution in [1.29, 1.82) is 0 Å². The molecule has 1 aliphatic heterocycles. The molecule has 1 saturated heterocycles. The largest absolute Gasteiger partial charge is 0.506 e. The van der Waals surface area contributed by atoms with Gasteiger partial charge in [-0.1, -0.05) is 17.7 Å². The Labute approximate surface area is 144 Å². The van der Waals surface area contributed by atoms with Crippen LogP contribution >= 0.6 is 11.6 Å². The molecule has 1 atom stereocenters. The van der Waals surface area contributed by atoms with Gasteiger partial charge in [-0.15, -0.1) is 0 Å². The van der Waals surface area contributed by atoms with Crippen molar-refractivity contribution < 1.29 is 9.84 Å². The Kier molecular flexibility index (Phi) is 3.82. The van der Waals surface area contributed by atoms with E-state index in [4.69, 9.17) is 16.3 Å². The van der Waals surface area contributed by atoms with Crippen LogP contribution < -0.4 is 10.1 Å². The molecule has 0 spiro atoms. The molecule has 2 heterocycles. The Morgan fingerprint density at radius 2 is 2.12 bits per heavy atom. The Morgan fingerprint density at radius 3 is 2.88 bits per heavy atom. The first-order valence-electron chi connectivity index (χ1n) is 7.97. The van der Waals surface area contributed by atoms with Crippen molar-refractivity contribution in [3.63, 3.8) is 0 Å². The number of ether oxygens (including phenoxy) is 1. The first-order valence-corrected chi connectivity index (χ1v) is 8.34. The SMILES string of the molecule is Cc1[nH]nc2cc(-c3ccc(O)c(Cl)c3)cc(O[C@H]3CCNC3)c12. The van der Waals surface area contributed by atoms with Crippen molar-refractivity contribution in [3.05, 3.63) is 41.0 Å². The molecule has 6 heteroatoms. The fourth-order valence-electron chi connectivity index (χ4n) is 3.12. The lowest BCUT2D eigenvalue weighted by Crippen LogP contribution is -2.19. The number of aromatic amines is 1. The summed E-state index contributed by atoms with van der Waals surface area (Å²) in [4.78, 5) is 0. The third kappa shape index (κ3) is 2.70. The zero-order valence-corrected chi connectivity index (χ0v) is 14.0. The van der Waals surface area contributed by atoms with Crippen LogP contribution in [0.2, 0.25) is 5.02 Å².